The number of hydrogen-bond acceptors (Lipinski definition) is 2. The van der Waals surface area contributed by atoms with E-state index in [9.17, 15) is 0 Å². The van der Waals surface area contributed by atoms with E-state index in [-0.39, 0.29) is 0 Å². The smallest absolute Gasteiger partial charge is 0.121 e. The van der Waals surface area contributed by atoms with Crippen LogP contribution in [0.25, 0.3) is 0 Å². The topological polar surface area (TPSA) is 52.0 Å². The van der Waals surface area contributed by atoms with Crippen LogP contribution in [-0.2, 0) is 0 Å². The summed E-state index contributed by atoms with van der Waals surface area (Å²) in [4.78, 5) is 0. The van der Waals surface area contributed by atoms with Gasteiger partial charge in [-0.15, -0.1) is 0 Å². The number of nitrogens with two attached hydrogens (primary N) is 2. The summed E-state index contributed by atoms with van der Waals surface area (Å²) in [5, 5.41) is 6.09. The van der Waals surface area contributed by atoms with Gasteiger partial charge in [-0.25, -0.2) is 0 Å². The van der Waals surface area contributed by atoms with Crippen LogP contribution < -0.4 is 11.1 Å². The predicted octanol–water partition coefficient (Wildman–Crippen LogP) is 1.14. The Balaban J connectivity index is 3.63. The van der Waals surface area contributed by atoms with Crippen molar-refractivity contribution in [3.8, 4) is 0 Å². The minimum atomic E-state index is -1.39. The molecule has 0 radical (unpaired) electrons. The zero-order valence-electron chi connectivity index (χ0n) is 7.35. The van der Waals surface area contributed by atoms with Crippen LogP contribution >= 0.6 is 0 Å². The Morgan fingerprint density at radius 1 is 1.40 bits per heavy atom. The van der Waals surface area contributed by atoms with Crippen molar-refractivity contribution in [3.05, 3.63) is 0 Å². The van der Waals surface area contributed by atoms with Gasteiger partial charge in [0.2, 0.25) is 0 Å². The van der Waals surface area contributed by atoms with Crippen molar-refractivity contribution in [2.24, 2.45) is 17.1 Å². The van der Waals surface area contributed by atoms with Crippen LogP contribution in [0.4, 0.5) is 0 Å². The van der Waals surface area contributed by atoms with Crippen LogP contribution in [0.5, 0.6) is 0 Å². The van der Waals surface area contributed by atoms with Gasteiger partial charge in [-0.05, 0) is 24.6 Å². The van der Waals surface area contributed by atoms with Gasteiger partial charge in [-0.1, -0.05) is 20.4 Å². The van der Waals surface area contributed by atoms with Gasteiger partial charge in [0.1, 0.15) is 8.24 Å². The highest BCUT2D eigenvalue weighted by molar-refractivity contribution is 6.75. The molecule has 3 heteroatoms. The molecule has 0 saturated carbocycles. The highest BCUT2D eigenvalue weighted by Crippen LogP contribution is 2.14. The SMILES string of the molecule is CC(C)C[Si](C)(N)CCN. The lowest BCUT2D eigenvalue weighted by Gasteiger charge is -2.22. The average molecular weight is 160 g/mol. The molecule has 0 rings (SSSR count). The molecule has 0 bridgehead atoms. The molecule has 0 heterocycles. The first-order chi connectivity index (χ1) is 4.48. The van der Waals surface area contributed by atoms with E-state index in [1.165, 1.54) is 6.04 Å². The highest BCUT2D eigenvalue weighted by atomic mass is 28.3. The van der Waals surface area contributed by atoms with E-state index in [0.717, 1.165) is 18.5 Å². The van der Waals surface area contributed by atoms with Crippen LogP contribution in [0.1, 0.15) is 13.8 Å². The zero-order valence-corrected chi connectivity index (χ0v) is 8.35. The van der Waals surface area contributed by atoms with Crippen LogP contribution in [0.2, 0.25) is 18.6 Å². The summed E-state index contributed by atoms with van der Waals surface area (Å²) in [5.41, 5.74) is 5.45. The van der Waals surface area contributed by atoms with Crippen molar-refractivity contribution >= 4 is 8.24 Å². The Hall–Kier alpha value is 0.137. The number of rotatable bonds is 4. The molecule has 0 fully saturated rings. The summed E-state index contributed by atoms with van der Waals surface area (Å²) in [7, 11) is -1.39. The molecule has 1 unspecified atom stereocenters. The number of hydrogen-bond donors (Lipinski definition) is 2. The van der Waals surface area contributed by atoms with Gasteiger partial charge in [0.05, 0.1) is 0 Å². The molecule has 0 aliphatic heterocycles. The van der Waals surface area contributed by atoms with E-state index >= 15 is 0 Å². The Bertz CT molecular complexity index is 91.6. The van der Waals surface area contributed by atoms with Crippen LogP contribution in [0.15, 0.2) is 0 Å². The molecule has 0 aromatic carbocycles. The van der Waals surface area contributed by atoms with Crippen molar-refractivity contribution < 1.29 is 0 Å². The fourth-order valence-electron chi connectivity index (χ4n) is 1.36. The predicted molar refractivity (Wildman–Crippen MR) is 49.3 cm³/mol. The fraction of sp³-hybridized carbons (Fsp3) is 1.00. The summed E-state index contributed by atoms with van der Waals surface area (Å²) in [6.07, 6.45) is 0. The molecule has 0 aromatic rings. The van der Waals surface area contributed by atoms with E-state index in [0.29, 0.717) is 0 Å². The zero-order chi connectivity index (χ0) is 8.20. The maximum absolute atomic E-state index is 6.09. The van der Waals surface area contributed by atoms with Crippen LogP contribution in [-0.4, -0.2) is 14.8 Å². The van der Waals surface area contributed by atoms with E-state index in [1.54, 1.807) is 0 Å². The lowest BCUT2D eigenvalue weighted by molar-refractivity contribution is 0.714. The monoisotopic (exact) mass is 160 g/mol. The van der Waals surface area contributed by atoms with Gasteiger partial charge in [-0.3, -0.25) is 0 Å². The van der Waals surface area contributed by atoms with Crippen molar-refractivity contribution in [2.75, 3.05) is 6.54 Å². The van der Waals surface area contributed by atoms with E-state index in [4.69, 9.17) is 11.1 Å². The van der Waals surface area contributed by atoms with Crippen LogP contribution in [0.3, 0.4) is 0 Å². The van der Waals surface area contributed by atoms with E-state index < -0.39 is 8.24 Å². The van der Waals surface area contributed by atoms with Crippen molar-refractivity contribution in [1.29, 1.82) is 0 Å². The van der Waals surface area contributed by atoms with E-state index in [1.807, 2.05) is 0 Å². The Labute approximate surface area is 65.1 Å². The highest BCUT2D eigenvalue weighted by Gasteiger charge is 2.21. The largest absolute Gasteiger partial charge is 0.351 e. The van der Waals surface area contributed by atoms with Gasteiger partial charge in [0.25, 0.3) is 0 Å². The molecule has 0 aromatic heterocycles. The second-order valence-electron chi connectivity index (χ2n) is 3.79. The Morgan fingerprint density at radius 3 is 2.20 bits per heavy atom. The fourth-order valence-corrected chi connectivity index (χ4v) is 4.09. The van der Waals surface area contributed by atoms with Gasteiger partial charge >= 0.3 is 0 Å². The Morgan fingerprint density at radius 2 is 1.90 bits per heavy atom. The van der Waals surface area contributed by atoms with Crippen LogP contribution in [0, 0.1) is 5.92 Å². The third-order valence-corrected chi connectivity index (χ3v) is 4.77. The summed E-state index contributed by atoms with van der Waals surface area (Å²) >= 11 is 0. The van der Waals surface area contributed by atoms with Gasteiger partial charge in [0.15, 0.2) is 0 Å². The first-order valence-corrected chi connectivity index (χ1v) is 6.96. The molecular formula is C7H20N2Si. The molecule has 1 atom stereocenters. The minimum absolute atomic E-state index is 0.730. The first kappa shape index (κ1) is 10.1. The molecule has 62 valence electrons. The maximum Gasteiger partial charge on any atom is 0.121 e. The minimum Gasteiger partial charge on any atom is -0.351 e. The van der Waals surface area contributed by atoms with Gasteiger partial charge in [-0.2, -0.15) is 0 Å². The van der Waals surface area contributed by atoms with Crippen molar-refractivity contribution in [1.82, 2.24) is 0 Å². The normalized spacial score (nSPS) is 17.4. The van der Waals surface area contributed by atoms with Gasteiger partial charge in [0, 0.05) is 0 Å². The molecular weight excluding hydrogens is 140 g/mol. The molecule has 2 nitrogen and oxygen atoms in total. The maximum atomic E-state index is 6.09. The summed E-state index contributed by atoms with van der Waals surface area (Å²) in [6.45, 7) is 7.40. The average Bonchev–Trinajstić information content (AvgIpc) is 1.59. The summed E-state index contributed by atoms with van der Waals surface area (Å²) in [6, 6.07) is 2.26. The first-order valence-electron chi connectivity index (χ1n) is 3.97. The van der Waals surface area contributed by atoms with E-state index in [2.05, 4.69) is 20.4 Å². The van der Waals surface area contributed by atoms with Crippen molar-refractivity contribution in [2.45, 2.75) is 32.5 Å². The lowest BCUT2D eigenvalue weighted by atomic mass is 10.3. The third kappa shape index (κ3) is 4.96. The molecule has 0 saturated heterocycles. The summed E-state index contributed by atoms with van der Waals surface area (Å²) in [5.74, 6) is 0.730. The Kier molecular flexibility index (Phi) is 4.16. The molecule has 0 spiro atoms. The standard InChI is InChI=1S/C7H20N2Si/c1-7(2)6-10(3,9)5-4-8/h7H,4-6,8-9H2,1-3H3. The molecule has 0 aliphatic rings. The molecule has 0 amide bonds. The molecule has 4 N–H and O–H groups in total. The third-order valence-electron chi connectivity index (χ3n) is 1.59. The summed E-state index contributed by atoms with van der Waals surface area (Å²) < 4.78 is 0. The lowest BCUT2D eigenvalue weighted by Crippen LogP contribution is -2.44. The molecule has 0 aliphatic carbocycles. The van der Waals surface area contributed by atoms with Gasteiger partial charge < -0.3 is 11.1 Å². The second-order valence-corrected chi connectivity index (χ2v) is 8.01. The molecule has 10 heavy (non-hydrogen) atoms. The second kappa shape index (κ2) is 4.11. The quantitative estimate of drug-likeness (QED) is 0.606. The van der Waals surface area contributed by atoms with Crippen molar-refractivity contribution in [3.63, 3.8) is 0 Å².